The van der Waals surface area contributed by atoms with Gasteiger partial charge in [-0.15, -0.1) is 0 Å². The van der Waals surface area contributed by atoms with Gasteiger partial charge in [0.2, 0.25) is 5.91 Å². The summed E-state index contributed by atoms with van der Waals surface area (Å²) >= 11 is 0. The van der Waals surface area contributed by atoms with Gasteiger partial charge in [-0.05, 0) is 12.1 Å². The zero-order chi connectivity index (χ0) is 11.3. The van der Waals surface area contributed by atoms with Crippen molar-refractivity contribution < 1.29 is 14.7 Å². The van der Waals surface area contributed by atoms with Gasteiger partial charge in [0.25, 0.3) is 0 Å². The fourth-order valence-electron chi connectivity index (χ4n) is 0.942. The summed E-state index contributed by atoms with van der Waals surface area (Å²) in [5.41, 5.74) is 5.34. The highest BCUT2D eigenvalue weighted by Gasteiger charge is 2.01. The summed E-state index contributed by atoms with van der Waals surface area (Å²) < 4.78 is 0. The van der Waals surface area contributed by atoms with E-state index in [9.17, 15) is 9.59 Å². The average Bonchev–Trinajstić information content (AvgIpc) is 2.18. The van der Waals surface area contributed by atoms with Crippen LogP contribution in [-0.4, -0.2) is 28.5 Å². The number of amides is 1. The summed E-state index contributed by atoms with van der Waals surface area (Å²) in [7, 11) is 0. The summed E-state index contributed by atoms with van der Waals surface area (Å²) in [6, 6.07) is 3.10. The Hall–Kier alpha value is -2.11. The molecule has 0 aliphatic carbocycles. The van der Waals surface area contributed by atoms with E-state index >= 15 is 0 Å². The lowest BCUT2D eigenvalue weighted by Crippen LogP contribution is -2.12. The number of carboxylic acid groups (broad SMARTS) is 1. The van der Waals surface area contributed by atoms with Crippen molar-refractivity contribution >= 4 is 17.7 Å². The van der Waals surface area contributed by atoms with Crippen LogP contribution in [0.15, 0.2) is 18.3 Å². The molecule has 1 aromatic heterocycles. The molecular formula is C9H11N3O3. The minimum Gasteiger partial charge on any atom is -0.481 e. The number of carbonyl (C=O) groups is 2. The molecular weight excluding hydrogens is 198 g/mol. The summed E-state index contributed by atoms with van der Waals surface area (Å²) in [6.07, 6.45) is 1.35. The number of aliphatic carboxylic acids is 1. The number of anilines is 1. The molecule has 1 rings (SSSR count). The van der Waals surface area contributed by atoms with Crippen molar-refractivity contribution in [2.75, 3.05) is 11.9 Å². The second kappa shape index (κ2) is 4.94. The third kappa shape index (κ3) is 3.63. The Balaban J connectivity index is 2.50. The monoisotopic (exact) mass is 209 g/mol. The van der Waals surface area contributed by atoms with E-state index in [2.05, 4.69) is 10.3 Å². The zero-order valence-corrected chi connectivity index (χ0v) is 7.93. The molecule has 0 aliphatic heterocycles. The quantitative estimate of drug-likeness (QED) is 0.636. The normalized spacial score (nSPS) is 9.60. The number of primary amides is 1. The van der Waals surface area contributed by atoms with Crippen molar-refractivity contribution in [2.45, 2.75) is 6.42 Å². The second-order valence-electron chi connectivity index (χ2n) is 2.87. The van der Waals surface area contributed by atoms with Gasteiger partial charge in [-0.1, -0.05) is 0 Å². The Bertz CT molecular complexity index is 361. The highest BCUT2D eigenvalue weighted by Crippen LogP contribution is 2.04. The van der Waals surface area contributed by atoms with E-state index in [0.29, 0.717) is 11.4 Å². The molecule has 0 atom stereocenters. The predicted octanol–water partition coefficient (Wildman–Crippen LogP) is 0.0671. The molecule has 15 heavy (non-hydrogen) atoms. The highest BCUT2D eigenvalue weighted by molar-refractivity contribution is 5.92. The van der Waals surface area contributed by atoms with Gasteiger partial charge in [0, 0.05) is 12.7 Å². The van der Waals surface area contributed by atoms with Crippen LogP contribution in [0.1, 0.15) is 16.8 Å². The number of carbonyl (C=O) groups excluding carboxylic acids is 1. The Labute approximate surface area is 86.1 Å². The maximum Gasteiger partial charge on any atom is 0.305 e. The SMILES string of the molecule is NC(=O)c1ccc(NCCC(=O)O)nc1. The number of aromatic nitrogens is 1. The lowest BCUT2D eigenvalue weighted by atomic mass is 10.3. The molecule has 6 nitrogen and oxygen atoms in total. The minimum atomic E-state index is -0.878. The van der Waals surface area contributed by atoms with Crippen molar-refractivity contribution in [3.8, 4) is 0 Å². The Kier molecular flexibility index (Phi) is 3.61. The van der Waals surface area contributed by atoms with Gasteiger partial charge in [0.1, 0.15) is 5.82 Å². The summed E-state index contributed by atoms with van der Waals surface area (Å²) in [6.45, 7) is 0.290. The largest absolute Gasteiger partial charge is 0.481 e. The van der Waals surface area contributed by atoms with Crippen LogP contribution in [0.25, 0.3) is 0 Å². The van der Waals surface area contributed by atoms with Crippen molar-refractivity contribution in [3.63, 3.8) is 0 Å². The summed E-state index contributed by atoms with van der Waals surface area (Å²) in [5.74, 6) is -0.905. The van der Waals surface area contributed by atoms with E-state index in [4.69, 9.17) is 10.8 Å². The molecule has 1 aromatic rings. The third-order valence-electron chi connectivity index (χ3n) is 1.69. The van der Waals surface area contributed by atoms with Crippen molar-refractivity contribution in [1.29, 1.82) is 0 Å². The Morgan fingerprint density at radius 1 is 1.47 bits per heavy atom. The van der Waals surface area contributed by atoms with Crippen molar-refractivity contribution in [2.24, 2.45) is 5.73 Å². The van der Waals surface area contributed by atoms with Crippen LogP contribution < -0.4 is 11.1 Å². The highest BCUT2D eigenvalue weighted by atomic mass is 16.4. The van der Waals surface area contributed by atoms with Gasteiger partial charge in [-0.3, -0.25) is 9.59 Å². The lowest BCUT2D eigenvalue weighted by Gasteiger charge is -2.03. The number of hydrogen-bond donors (Lipinski definition) is 3. The lowest BCUT2D eigenvalue weighted by molar-refractivity contribution is -0.136. The molecule has 0 bridgehead atoms. The predicted molar refractivity (Wildman–Crippen MR) is 53.5 cm³/mol. The first-order valence-electron chi connectivity index (χ1n) is 4.31. The minimum absolute atomic E-state index is 0.0131. The summed E-state index contributed by atoms with van der Waals surface area (Å²) in [5, 5.41) is 11.2. The number of nitrogens with one attached hydrogen (secondary N) is 1. The van der Waals surface area contributed by atoms with E-state index < -0.39 is 11.9 Å². The maximum absolute atomic E-state index is 10.7. The molecule has 1 amide bonds. The average molecular weight is 209 g/mol. The third-order valence-corrected chi connectivity index (χ3v) is 1.69. The second-order valence-corrected chi connectivity index (χ2v) is 2.87. The van der Waals surface area contributed by atoms with Crippen LogP contribution in [0.4, 0.5) is 5.82 Å². The van der Waals surface area contributed by atoms with E-state index in [1.54, 1.807) is 6.07 Å². The number of nitrogens with zero attached hydrogens (tertiary/aromatic N) is 1. The standard InChI is InChI=1S/C9H11N3O3/c10-9(15)6-1-2-7(12-5-6)11-4-3-8(13)14/h1-2,5H,3-4H2,(H2,10,15)(H,11,12)(H,13,14). The van der Waals surface area contributed by atoms with Crippen LogP contribution in [-0.2, 0) is 4.79 Å². The van der Waals surface area contributed by atoms with Gasteiger partial charge >= 0.3 is 5.97 Å². The summed E-state index contributed by atoms with van der Waals surface area (Å²) in [4.78, 5) is 24.8. The molecule has 0 fully saturated rings. The van der Waals surface area contributed by atoms with Gasteiger partial charge < -0.3 is 16.2 Å². The van der Waals surface area contributed by atoms with E-state index in [0.717, 1.165) is 0 Å². The van der Waals surface area contributed by atoms with Crippen LogP contribution in [0.5, 0.6) is 0 Å². The molecule has 4 N–H and O–H groups in total. The first kappa shape index (κ1) is 11.0. The topological polar surface area (TPSA) is 105 Å². The van der Waals surface area contributed by atoms with Crippen LogP contribution in [0, 0.1) is 0 Å². The van der Waals surface area contributed by atoms with Gasteiger partial charge in [-0.2, -0.15) is 0 Å². The zero-order valence-electron chi connectivity index (χ0n) is 7.93. The first-order chi connectivity index (χ1) is 7.09. The van der Waals surface area contributed by atoms with Crippen LogP contribution in [0.3, 0.4) is 0 Å². The fraction of sp³-hybridized carbons (Fsp3) is 0.222. The van der Waals surface area contributed by atoms with Gasteiger partial charge in [-0.25, -0.2) is 4.98 Å². The number of hydrogen-bond acceptors (Lipinski definition) is 4. The van der Waals surface area contributed by atoms with E-state index in [1.807, 2.05) is 0 Å². The molecule has 0 radical (unpaired) electrons. The van der Waals surface area contributed by atoms with Crippen LogP contribution in [0.2, 0.25) is 0 Å². The number of carboxylic acids is 1. The fourth-order valence-corrected chi connectivity index (χ4v) is 0.942. The molecule has 0 saturated carbocycles. The molecule has 80 valence electrons. The van der Waals surface area contributed by atoms with Crippen molar-refractivity contribution in [3.05, 3.63) is 23.9 Å². The number of rotatable bonds is 5. The molecule has 1 heterocycles. The van der Waals surface area contributed by atoms with Gasteiger partial charge in [0.15, 0.2) is 0 Å². The molecule has 0 aliphatic rings. The Morgan fingerprint density at radius 2 is 2.20 bits per heavy atom. The number of pyridine rings is 1. The molecule has 0 unspecified atom stereocenters. The molecule has 0 spiro atoms. The smallest absolute Gasteiger partial charge is 0.305 e. The van der Waals surface area contributed by atoms with E-state index in [1.165, 1.54) is 12.3 Å². The van der Waals surface area contributed by atoms with Gasteiger partial charge in [0.05, 0.1) is 12.0 Å². The van der Waals surface area contributed by atoms with Crippen LogP contribution >= 0.6 is 0 Å². The molecule has 6 heteroatoms. The molecule has 0 aromatic carbocycles. The number of nitrogens with two attached hydrogens (primary N) is 1. The maximum atomic E-state index is 10.7. The molecule has 0 saturated heterocycles. The first-order valence-corrected chi connectivity index (χ1v) is 4.31. The van der Waals surface area contributed by atoms with Crippen molar-refractivity contribution in [1.82, 2.24) is 4.98 Å². The Morgan fingerprint density at radius 3 is 2.67 bits per heavy atom. The van der Waals surface area contributed by atoms with E-state index in [-0.39, 0.29) is 13.0 Å².